The summed E-state index contributed by atoms with van der Waals surface area (Å²) in [4.78, 5) is 43.0. The number of likely N-dealkylation sites (N-methyl/N-ethyl adjacent to an activating group) is 1. The summed E-state index contributed by atoms with van der Waals surface area (Å²) < 4.78 is 3.45. The van der Waals surface area contributed by atoms with E-state index in [1.807, 2.05) is 33.2 Å². The number of nitrogens with two attached hydrogens (primary N) is 1. The largest absolute Gasteiger partial charge is 0.383 e. The molecule has 0 saturated carbocycles. The average molecular weight is 418 g/mol. The molecule has 30 heavy (non-hydrogen) atoms. The summed E-state index contributed by atoms with van der Waals surface area (Å²) in [6.07, 6.45) is 5.74. The fourth-order valence-electron chi connectivity index (χ4n) is 4.44. The van der Waals surface area contributed by atoms with Gasteiger partial charge in [0.1, 0.15) is 11.9 Å². The minimum absolute atomic E-state index is 0.0582. The summed E-state index contributed by atoms with van der Waals surface area (Å²) in [5.41, 5.74) is 6.35. The number of nitrogens with one attached hydrogen (secondary N) is 2. The Morgan fingerprint density at radius 3 is 2.77 bits per heavy atom. The summed E-state index contributed by atoms with van der Waals surface area (Å²) in [7, 11) is 2.02. The molecule has 0 bridgehead atoms. The number of anilines is 2. The molecule has 1 amide bonds. The van der Waals surface area contributed by atoms with Crippen molar-refractivity contribution in [2.75, 3.05) is 30.3 Å². The second-order valence-corrected chi connectivity index (χ2v) is 7.96. The number of aromatic amines is 1. The maximum Gasteiger partial charge on any atom is 0.330 e. The first-order valence-electron chi connectivity index (χ1n) is 10.8. The zero-order valence-electron chi connectivity index (χ0n) is 18.1. The lowest BCUT2D eigenvalue weighted by Gasteiger charge is -2.26. The van der Waals surface area contributed by atoms with Crippen molar-refractivity contribution in [3.63, 3.8) is 0 Å². The Hall–Kier alpha value is -2.81. The second kappa shape index (κ2) is 9.34. The Kier molecular flexibility index (Phi) is 6.81. The van der Waals surface area contributed by atoms with Crippen LogP contribution < -0.4 is 26.8 Å². The third kappa shape index (κ3) is 4.21. The highest BCUT2D eigenvalue weighted by molar-refractivity contribution is 5.96. The van der Waals surface area contributed by atoms with E-state index in [0.717, 1.165) is 32.2 Å². The van der Waals surface area contributed by atoms with Gasteiger partial charge in [-0.15, -0.1) is 0 Å². The maximum atomic E-state index is 13.2. The van der Waals surface area contributed by atoms with E-state index in [1.54, 1.807) is 0 Å². The van der Waals surface area contributed by atoms with E-state index in [2.05, 4.69) is 15.6 Å². The zero-order chi connectivity index (χ0) is 21.8. The number of quaternary nitrogens is 1. The lowest BCUT2D eigenvalue weighted by atomic mass is 10.1. The van der Waals surface area contributed by atoms with Crippen LogP contribution in [-0.4, -0.2) is 39.7 Å². The molecule has 1 fully saturated rings. The predicted molar refractivity (Wildman–Crippen MR) is 117 cm³/mol. The number of H-pyrrole nitrogens is 1. The predicted octanol–water partition coefficient (Wildman–Crippen LogP) is 0.0303. The van der Waals surface area contributed by atoms with E-state index < -0.39 is 11.2 Å². The van der Waals surface area contributed by atoms with Gasteiger partial charge in [0.15, 0.2) is 12.2 Å². The molecule has 1 unspecified atom stereocenters. The van der Waals surface area contributed by atoms with Crippen LogP contribution in [0, 0.1) is 0 Å². The van der Waals surface area contributed by atoms with Crippen molar-refractivity contribution in [1.29, 1.82) is 0 Å². The Morgan fingerprint density at radius 2 is 2.13 bits per heavy atom. The molecule has 2 aromatic rings. The van der Waals surface area contributed by atoms with Gasteiger partial charge in [0.05, 0.1) is 12.2 Å². The Bertz CT molecular complexity index is 1000. The van der Waals surface area contributed by atoms with Crippen LogP contribution >= 0.6 is 0 Å². The van der Waals surface area contributed by atoms with Crippen molar-refractivity contribution in [2.45, 2.75) is 52.1 Å². The molecule has 1 saturated heterocycles. The fourth-order valence-corrected chi connectivity index (χ4v) is 4.44. The number of carbonyl (C=O) groups is 1. The van der Waals surface area contributed by atoms with E-state index >= 15 is 0 Å². The van der Waals surface area contributed by atoms with E-state index in [1.165, 1.54) is 20.1 Å². The third-order valence-corrected chi connectivity index (χ3v) is 6.04. The Balaban J connectivity index is 1.87. The molecule has 9 nitrogen and oxygen atoms in total. The molecule has 2 aromatic heterocycles. The lowest BCUT2D eigenvalue weighted by Crippen LogP contribution is -3.11. The van der Waals surface area contributed by atoms with Crippen molar-refractivity contribution in [2.24, 2.45) is 7.05 Å². The highest BCUT2D eigenvalue weighted by Crippen LogP contribution is 2.20. The number of nitrogens with zero attached hydrogens (tertiary/aromatic N) is 3. The molecule has 1 aliphatic rings. The minimum atomic E-state index is -0.615. The molecule has 164 valence electrons. The molecule has 0 spiro atoms. The van der Waals surface area contributed by atoms with Crippen LogP contribution in [0.15, 0.2) is 27.9 Å². The van der Waals surface area contributed by atoms with Crippen LogP contribution in [0.2, 0.25) is 0 Å². The van der Waals surface area contributed by atoms with Gasteiger partial charge >= 0.3 is 5.69 Å². The summed E-state index contributed by atoms with van der Waals surface area (Å²) in [5.74, 6) is -0.102. The zero-order valence-corrected chi connectivity index (χ0v) is 18.1. The van der Waals surface area contributed by atoms with Gasteiger partial charge in [-0.25, -0.2) is 4.79 Å². The van der Waals surface area contributed by atoms with Crippen molar-refractivity contribution < 1.29 is 9.69 Å². The highest BCUT2D eigenvalue weighted by Gasteiger charge is 2.35. The first kappa shape index (κ1) is 21.9. The Labute approximate surface area is 176 Å². The third-order valence-electron chi connectivity index (χ3n) is 6.04. The van der Waals surface area contributed by atoms with Gasteiger partial charge in [-0.05, 0) is 25.5 Å². The number of hydrogen-bond acceptors (Lipinski definition) is 4. The van der Waals surface area contributed by atoms with Gasteiger partial charge in [-0.3, -0.25) is 24.0 Å². The number of amides is 1. The number of unbranched alkanes of at least 4 members (excludes halogenated alkanes) is 1. The summed E-state index contributed by atoms with van der Waals surface area (Å²) in [5, 5.41) is 0. The van der Waals surface area contributed by atoms with Crippen LogP contribution in [0.5, 0.6) is 0 Å². The van der Waals surface area contributed by atoms with Gasteiger partial charge < -0.3 is 15.2 Å². The molecule has 3 rings (SSSR count). The first-order valence-corrected chi connectivity index (χ1v) is 10.8. The van der Waals surface area contributed by atoms with E-state index in [-0.39, 0.29) is 30.0 Å². The summed E-state index contributed by atoms with van der Waals surface area (Å²) in [6, 6.07) is 4.37. The molecule has 1 aliphatic heterocycles. The van der Waals surface area contributed by atoms with Gasteiger partial charge in [0.2, 0.25) is 0 Å². The van der Waals surface area contributed by atoms with Crippen LogP contribution in [0.3, 0.4) is 0 Å². The molecule has 0 aliphatic carbocycles. The Morgan fingerprint density at radius 1 is 1.37 bits per heavy atom. The van der Waals surface area contributed by atoms with E-state index in [4.69, 9.17) is 5.73 Å². The lowest BCUT2D eigenvalue weighted by molar-refractivity contribution is -0.910. The minimum Gasteiger partial charge on any atom is -0.383 e. The van der Waals surface area contributed by atoms with Gasteiger partial charge in [-0.2, -0.15) is 0 Å². The van der Waals surface area contributed by atoms with E-state index in [0.29, 0.717) is 13.1 Å². The molecule has 0 aromatic carbocycles. The standard InChI is InChI=1S/C21H32N6O3/c1-4-6-13-27-19(22)18(20(29)23-21(27)30)26(5-2)17(28)14-25-12-8-10-16(25)15-9-7-11-24(15)3/h7,9,11,16H,4-6,8,10,12-14,22H2,1-3H3,(H,23,29,30)/p+1/t16-/m0/s1. The van der Waals surface area contributed by atoms with Crippen molar-refractivity contribution in [3.8, 4) is 0 Å². The molecule has 3 heterocycles. The number of likely N-dealkylation sites (tertiary alicyclic amines) is 1. The number of carbonyl (C=O) groups excluding carboxylic acids is 1. The monoisotopic (exact) mass is 417 g/mol. The summed E-state index contributed by atoms with van der Waals surface area (Å²) in [6.45, 7) is 5.71. The van der Waals surface area contributed by atoms with Gasteiger partial charge in [-0.1, -0.05) is 13.3 Å². The number of aromatic nitrogens is 3. The maximum absolute atomic E-state index is 13.2. The van der Waals surface area contributed by atoms with Crippen molar-refractivity contribution >= 4 is 17.4 Å². The number of aryl methyl sites for hydroxylation is 1. The number of nitrogen functional groups attached to an aromatic ring is 1. The van der Waals surface area contributed by atoms with Crippen LogP contribution in [0.4, 0.5) is 11.5 Å². The molecule has 0 radical (unpaired) electrons. The van der Waals surface area contributed by atoms with Crippen LogP contribution in [-0.2, 0) is 18.4 Å². The normalized spacial score (nSPS) is 18.6. The smallest absolute Gasteiger partial charge is 0.330 e. The first-order chi connectivity index (χ1) is 14.4. The molecular weight excluding hydrogens is 384 g/mol. The topological polar surface area (TPSA) is 111 Å². The van der Waals surface area contributed by atoms with Gasteiger partial charge in [0.25, 0.3) is 11.5 Å². The number of rotatable bonds is 8. The summed E-state index contributed by atoms with van der Waals surface area (Å²) >= 11 is 0. The molecular formula is C21H33N6O3+. The molecule has 4 N–H and O–H groups in total. The van der Waals surface area contributed by atoms with Crippen molar-refractivity contribution in [1.82, 2.24) is 14.1 Å². The average Bonchev–Trinajstić information content (AvgIpc) is 3.32. The van der Waals surface area contributed by atoms with Crippen LogP contribution in [0.25, 0.3) is 0 Å². The van der Waals surface area contributed by atoms with Gasteiger partial charge in [0, 0.05) is 39.2 Å². The fraction of sp³-hybridized carbons (Fsp3) is 0.571. The highest BCUT2D eigenvalue weighted by atomic mass is 16.2. The quantitative estimate of drug-likeness (QED) is 0.563. The van der Waals surface area contributed by atoms with E-state index in [9.17, 15) is 14.4 Å². The SMILES string of the molecule is CCCCn1c(N)c(N(CC)C(=O)C[NH+]2CCC[C@H]2c2cccn2C)c(=O)[nH]c1=O. The van der Waals surface area contributed by atoms with Crippen molar-refractivity contribution in [3.05, 3.63) is 44.9 Å². The molecule has 2 atom stereocenters. The molecule has 9 heteroatoms. The number of hydrogen-bond donors (Lipinski definition) is 3. The second-order valence-electron chi connectivity index (χ2n) is 7.96. The van der Waals surface area contributed by atoms with Crippen LogP contribution in [0.1, 0.15) is 51.3 Å².